The molecule has 2 aliphatic carbocycles. The lowest BCUT2D eigenvalue weighted by Gasteiger charge is -2.16. The normalized spacial score (nSPS) is 23.0. The van der Waals surface area contributed by atoms with Gasteiger partial charge in [-0.15, -0.1) is 0 Å². The number of rotatable bonds is 6. The first kappa shape index (κ1) is 22.8. The molecule has 0 N–H and O–H groups in total. The number of Topliss-reactive ketones (excluding diaryl/α,β-unsaturated/α-hetero) is 1. The van der Waals surface area contributed by atoms with Gasteiger partial charge in [0.1, 0.15) is 11.3 Å². The van der Waals surface area contributed by atoms with Crippen LogP contribution in [-0.4, -0.2) is 26.9 Å². The molecule has 0 bridgehead atoms. The summed E-state index contributed by atoms with van der Waals surface area (Å²) in [6, 6.07) is 15.1. The molecule has 2 saturated carbocycles. The van der Waals surface area contributed by atoms with Crippen LogP contribution in [0.1, 0.15) is 28.8 Å². The number of alkyl halides is 3. The van der Waals surface area contributed by atoms with Crippen LogP contribution in [0.5, 0.6) is 5.75 Å². The van der Waals surface area contributed by atoms with Gasteiger partial charge in [-0.25, -0.2) is 4.98 Å². The van der Waals surface area contributed by atoms with E-state index in [0.717, 1.165) is 17.3 Å². The maximum atomic E-state index is 13.8. The second-order valence-corrected chi connectivity index (χ2v) is 9.71. The smallest absolute Gasteiger partial charge is 0.419 e. The topological polar surface area (TPSA) is 57.0 Å². The molecule has 2 aromatic heterocycles. The van der Waals surface area contributed by atoms with Gasteiger partial charge in [-0.3, -0.25) is 9.78 Å². The van der Waals surface area contributed by atoms with Crippen molar-refractivity contribution in [3.05, 3.63) is 78.1 Å². The summed E-state index contributed by atoms with van der Waals surface area (Å²) in [6.45, 7) is 0.234. The van der Waals surface area contributed by atoms with Gasteiger partial charge in [-0.05, 0) is 48.3 Å². The van der Waals surface area contributed by atoms with Crippen LogP contribution in [0, 0.1) is 23.7 Å². The minimum atomic E-state index is -4.45. The lowest BCUT2D eigenvalue weighted by molar-refractivity contribution is -0.139. The fraction of sp³-hybridized carbons (Fsp3) is 0.321. The van der Waals surface area contributed by atoms with Gasteiger partial charge in [-0.1, -0.05) is 42.5 Å². The van der Waals surface area contributed by atoms with E-state index in [2.05, 4.69) is 9.97 Å². The molecule has 0 aliphatic heterocycles. The summed E-state index contributed by atoms with van der Waals surface area (Å²) in [5.41, 5.74) is 2.86. The fourth-order valence-corrected chi connectivity index (χ4v) is 5.96. The minimum absolute atomic E-state index is 0.0641. The number of ether oxygens (including phenoxy) is 1. The Labute approximate surface area is 205 Å². The first-order chi connectivity index (χ1) is 17.3. The monoisotopic (exact) mass is 491 g/mol. The highest BCUT2D eigenvalue weighted by atomic mass is 19.4. The number of hydrogen-bond donors (Lipinski definition) is 0. The molecule has 0 radical (unpaired) electrons. The Balaban J connectivity index is 1.20. The van der Waals surface area contributed by atoms with E-state index < -0.39 is 11.7 Å². The van der Waals surface area contributed by atoms with Crippen LogP contribution in [0.4, 0.5) is 13.2 Å². The maximum Gasteiger partial charge on any atom is 0.419 e. The number of para-hydroxylation sites is 1. The van der Waals surface area contributed by atoms with E-state index in [9.17, 15) is 18.0 Å². The predicted octanol–water partition coefficient (Wildman–Crippen LogP) is 6.19. The molecule has 8 heteroatoms. The Morgan fingerprint density at radius 2 is 1.67 bits per heavy atom. The van der Waals surface area contributed by atoms with Crippen LogP contribution in [0.25, 0.3) is 22.4 Å². The number of hydrogen-bond acceptors (Lipinski definition) is 4. The van der Waals surface area contributed by atoms with Gasteiger partial charge >= 0.3 is 6.18 Å². The van der Waals surface area contributed by atoms with E-state index in [1.807, 2.05) is 41.9 Å². The zero-order chi connectivity index (χ0) is 25.0. The number of fused-ring (bicyclic) bond motifs is 2. The van der Waals surface area contributed by atoms with Gasteiger partial charge in [0.05, 0.1) is 23.4 Å². The van der Waals surface area contributed by atoms with Crippen LogP contribution in [0.3, 0.4) is 0 Å². The minimum Gasteiger partial charge on any atom is -0.493 e. The zero-order valence-electron chi connectivity index (χ0n) is 19.6. The third-order valence-corrected chi connectivity index (χ3v) is 7.72. The summed E-state index contributed by atoms with van der Waals surface area (Å²) in [7, 11) is 1.90. The summed E-state index contributed by atoms with van der Waals surface area (Å²) >= 11 is 0. The highest BCUT2D eigenvalue weighted by Gasteiger charge is 2.58. The molecule has 36 heavy (non-hydrogen) atoms. The third-order valence-electron chi connectivity index (χ3n) is 7.72. The van der Waals surface area contributed by atoms with Crippen molar-refractivity contribution in [3.63, 3.8) is 0 Å². The van der Waals surface area contributed by atoms with E-state index in [4.69, 9.17) is 4.74 Å². The molecular weight excluding hydrogens is 467 g/mol. The van der Waals surface area contributed by atoms with Crippen molar-refractivity contribution in [2.24, 2.45) is 30.7 Å². The molecule has 184 valence electrons. The number of carbonyl (C=O) groups excluding carboxylic acids is 1. The number of nitrogens with zero attached hydrogens (tertiary/aromatic N) is 3. The Morgan fingerprint density at radius 1 is 1.00 bits per heavy atom. The largest absolute Gasteiger partial charge is 0.493 e. The Kier molecular flexibility index (Phi) is 5.35. The summed E-state index contributed by atoms with van der Waals surface area (Å²) in [5, 5.41) is 0. The van der Waals surface area contributed by atoms with E-state index in [1.54, 1.807) is 18.5 Å². The Hall–Kier alpha value is -3.68. The van der Waals surface area contributed by atoms with Gasteiger partial charge in [-0.2, -0.15) is 13.2 Å². The molecule has 6 rings (SSSR count). The molecule has 4 atom stereocenters. The van der Waals surface area contributed by atoms with Crippen molar-refractivity contribution in [3.8, 4) is 17.0 Å². The number of aryl methyl sites for hydroxylation is 1. The molecular formula is C28H24F3N3O2. The van der Waals surface area contributed by atoms with Crippen molar-refractivity contribution in [1.29, 1.82) is 0 Å². The van der Waals surface area contributed by atoms with Gasteiger partial charge < -0.3 is 9.30 Å². The van der Waals surface area contributed by atoms with Crippen LogP contribution >= 0.6 is 0 Å². The quantitative estimate of drug-likeness (QED) is 0.302. The predicted molar refractivity (Wildman–Crippen MR) is 128 cm³/mol. The maximum absolute atomic E-state index is 13.8. The summed E-state index contributed by atoms with van der Waals surface area (Å²) in [4.78, 5) is 22.8. The Bertz CT molecular complexity index is 1440. The SMILES string of the molecule is Cn1c(-c2ccccc2)c(C(=O)C2C[C@@H]3C(COc4ccccc4C(F)(F)F)[C@@H]3C2)c2nccnc21. The number of benzene rings is 2. The lowest BCUT2D eigenvalue weighted by Crippen LogP contribution is -2.17. The first-order valence-electron chi connectivity index (χ1n) is 12.0. The van der Waals surface area contributed by atoms with Gasteiger partial charge in [0.15, 0.2) is 11.4 Å². The molecule has 2 heterocycles. The van der Waals surface area contributed by atoms with Crippen LogP contribution < -0.4 is 4.74 Å². The number of carbonyl (C=O) groups is 1. The molecule has 0 spiro atoms. The van der Waals surface area contributed by atoms with E-state index in [-0.39, 0.29) is 30.0 Å². The second-order valence-electron chi connectivity index (χ2n) is 9.71. The average molecular weight is 492 g/mol. The fourth-order valence-electron chi connectivity index (χ4n) is 5.96. The highest BCUT2D eigenvalue weighted by Crippen LogP contribution is 2.60. The molecule has 2 unspecified atom stereocenters. The average Bonchev–Trinajstić information content (AvgIpc) is 3.20. The molecule has 0 saturated heterocycles. The highest BCUT2D eigenvalue weighted by molar-refractivity contribution is 6.12. The summed E-state index contributed by atoms with van der Waals surface area (Å²) < 4.78 is 47.3. The van der Waals surface area contributed by atoms with E-state index >= 15 is 0 Å². The van der Waals surface area contributed by atoms with E-state index in [1.165, 1.54) is 12.1 Å². The molecule has 2 fully saturated rings. The van der Waals surface area contributed by atoms with Crippen molar-refractivity contribution >= 4 is 16.9 Å². The lowest BCUT2D eigenvalue weighted by atomic mass is 9.90. The van der Waals surface area contributed by atoms with Gasteiger partial charge in [0, 0.05) is 25.4 Å². The standard InChI is InChI=1S/C28H24F3N3O2/c1-34-25(16-7-3-2-4-8-16)23(24-27(34)33-12-11-32-24)26(35)17-13-18-19(14-17)20(18)15-36-22-10-6-5-9-21(22)28(29,30)31/h2-12,17-20H,13-15H2,1H3/t17?,18-,19+,20?. The summed E-state index contributed by atoms with van der Waals surface area (Å²) in [5.74, 6) is 0.542. The zero-order valence-corrected chi connectivity index (χ0v) is 19.6. The van der Waals surface area contributed by atoms with Crippen molar-refractivity contribution < 1.29 is 22.7 Å². The molecule has 2 aromatic carbocycles. The van der Waals surface area contributed by atoms with Crippen molar-refractivity contribution in [2.45, 2.75) is 19.0 Å². The Morgan fingerprint density at radius 3 is 2.39 bits per heavy atom. The van der Waals surface area contributed by atoms with Crippen LogP contribution in [0.15, 0.2) is 67.0 Å². The van der Waals surface area contributed by atoms with Gasteiger partial charge in [0.2, 0.25) is 0 Å². The second kappa shape index (κ2) is 8.47. The number of ketones is 1. The number of aromatic nitrogens is 3. The van der Waals surface area contributed by atoms with E-state index in [0.29, 0.717) is 41.4 Å². The third kappa shape index (κ3) is 3.75. The first-order valence-corrected chi connectivity index (χ1v) is 12.0. The van der Waals surface area contributed by atoms with Crippen LogP contribution in [0.2, 0.25) is 0 Å². The molecule has 4 aromatic rings. The van der Waals surface area contributed by atoms with Crippen LogP contribution in [-0.2, 0) is 13.2 Å². The number of halogens is 3. The van der Waals surface area contributed by atoms with Gasteiger partial charge in [0.25, 0.3) is 0 Å². The molecule has 5 nitrogen and oxygen atoms in total. The van der Waals surface area contributed by atoms with Crippen molar-refractivity contribution in [2.75, 3.05) is 6.61 Å². The molecule has 2 aliphatic rings. The van der Waals surface area contributed by atoms with Crippen molar-refractivity contribution in [1.82, 2.24) is 14.5 Å². The molecule has 0 amide bonds. The summed E-state index contributed by atoms with van der Waals surface area (Å²) in [6.07, 6.45) is 0.196.